The van der Waals surface area contributed by atoms with Crippen molar-refractivity contribution in [2.75, 3.05) is 20.7 Å². The Morgan fingerprint density at radius 2 is 2.12 bits per heavy atom. The van der Waals surface area contributed by atoms with Gasteiger partial charge in [-0.05, 0) is 19.9 Å². The first-order chi connectivity index (χ1) is 7.54. The summed E-state index contributed by atoms with van der Waals surface area (Å²) in [5, 5.41) is 2.61. The van der Waals surface area contributed by atoms with Gasteiger partial charge in [-0.2, -0.15) is 0 Å². The molecule has 0 heterocycles. The van der Waals surface area contributed by atoms with Crippen LogP contribution in [0.2, 0.25) is 0 Å². The Kier molecular flexibility index (Phi) is 4.73. The van der Waals surface area contributed by atoms with Gasteiger partial charge in [-0.3, -0.25) is 4.79 Å². The van der Waals surface area contributed by atoms with Gasteiger partial charge in [0.25, 0.3) is 0 Å². The van der Waals surface area contributed by atoms with E-state index in [1.807, 2.05) is 7.05 Å². The molecule has 1 unspecified atom stereocenters. The molecule has 5 heteroatoms. The third-order valence-electron chi connectivity index (χ3n) is 3.03. The Bertz CT molecular complexity index is 264. The van der Waals surface area contributed by atoms with Gasteiger partial charge in [0.05, 0.1) is 7.11 Å². The lowest BCUT2D eigenvalue weighted by atomic mass is 9.91. The van der Waals surface area contributed by atoms with Gasteiger partial charge in [-0.25, -0.2) is 4.79 Å². The highest BCUT2D eigenvalue weighted by Crippen LogP contribution is 2.23. The zero-order valence-electron chi connectivity index (χ0n) is 10.2. The van der Waals surface area contributed by atoms with Crippen LogP contribution in [-0.4, -0.2) is 49.6 Å². The molecule has 0 aliphatic heterocycles. The first kappa shape index (κ1) is 13.0. The highest BCUT2D eigenvalue weighted by molar-refractivity contribution is 5.83. The Morgan fingerprint density at radius 3 is 2.50 bits per heavy atom. The molecule has 0 bridgehead atoms. The molecular weight excluding hydrogens is 208 g/mol. The summed E-state index contributed by atoms with van der Waals surface area (Å²) in [5.74, 6) is -0.598. The molecule has 16 heavy (non-hydrogen) atoms. The fourth-order valence-corrected chi connectivity index (χ4v) is 1.83. The highest BCUT2D eigenvalue weighted by Gasteiger charge is 2.27. The number of carbonyl (C=O) groups is 2. The Balaban J connectivity index is 2.47. The first-order valence-corrected chi connectivity index (χ1v) is 5.59. The van der Waals surface area contributed by atoms with Crippen LogP contribution in [0.25, 0.3) is 0 Å². The molecule has 0 saturated heterocycles. The first-order valence-electron chi connectivity index (χ1n) is 5.59. The van der Waals surface area contributed by atoms with Crippen molar-refractivity contribution < 1.29 is 14.3 Å². The molecular formula is C11H20N2O3. The van der Waals surface area contributed by atoms with Crippen molar-refractivity contribution >= 4 is 11.9 Å². The Labute approximate surface area is 96.1 Å². The van der Waals surface area contributed by atoms with E-state index >= 15 is 0 Å². The second kappa shape index (κ2) is 5.84. The van der Waals surface area contributed by atoms with E-state index < -0.39 is 6.04 Å². The quantitative estimate of drug-likeness (QED) is 0.680. The number of hydrogen-bond donors (Lipinski definition) is 1. The Morgan fingerprint density at radius 1 is 1.50 bits per heavy atom. The van der Waals surface area contributed by atoms with Crippen LogP contribution in [0, 0.1) is 0 Å². The summed E-state index contributed by atoms with van der Waals surface area (Å²) >= 11 is 0. The van der Waals surface area contributed by atoms with Crippen molar-refractivity contribution in [3.8, 4) is 0 Å². The second-order valence-electron chi connectivity index (χ2n) is 4.30. The van der Waals surface area contributed by atoms with Crippen LogP contribution in [0.1, 0.15) is 26.2 Å². The third-order valence-corrected chi connectivity index (χ3v) is 3.03. The molecule has 0 aromatic heterocycles. The number of nitrogens with zero attached hydrogens (tertiary/aromatic N) is 1. The van der Waals surface area contributed by atoms with Crippen LogP contribution < -0.4 is 5.32 Å². The zero-order valence-corrected chi connectivity index (χ0v) is 10.2. The third kappa shape index (κ3) is 3.48. The number of carbonyl (C=O) groups excluding carboxylic acids is 2. The van der Waals surface area contributed by atoms with Crippen LogP contribution in [0.3, 0.4) is 0 Å². The molecule has 1 aliphatic carbocycles. The van der Waals surface area contributed by atoms with E-state index in [1.165, 1.54) is 33.3 Å². The lowest BCUT2D eigenvalue weighted by Gasteiger charge is -2.36. The zero-order chi connectivity index (χ0) is 12.1. The maximum atomic E-state index is 11.4. The van der Waals surface area contributed by atoms with Gasteiger partial charge in [-0.1, -0.05) is 6.42 Å². The monoisotopic (exact) mass is 228 g/mol. The number of hydrogen-bond acceptors (Lipinski definition) is 4. The minimum atomic E-state index is -0.562. The molecule has 1 N–H and O–H groups in total. The average Bonchev–Trinajstić information content (AvgIpc) is 2.11. The smallest absolute Gasteiger partial charge is 0.329 e. The summed E-state index contributed by atoms with van der Waals surface area (Å²) in [7, 11) is 3.31. The van der Waals surface area contributed by atoms with Crippen molar-refractivity contribution in [2.24, 2.45) is 0 Å². The number of methoxy groups -OCH3 is 1. The predicted octanol–water partition coefficient (Wildman–Crippen LogP) is 0.148. The standard InChI is InChI=1S/C11H20N2O3/c1-8(14)12-10(11(15)16-3)7-13(2)9-5-4-6-9/h9-10H,4-7H2,1-3H3,(H,12,14). The van der Waals surface area contributed by atoms with Gasteiger partial charge >= 0.3 is 5.97 Å². The van der Waals surface area contributed by atoms with E-state index in [2.05, 4.69) is 15.0 Å². The second-order valence-corrected chi connectivity index (χ2v) is 4.30. The van der Waals surface area contributed by atoms with Crippen LogP contribution in [0.5, 0.6) is 0 Å². The number of rotatable bonds is 5. The summed E-state index contributed by atoms with van der Waals surface area (Å²) in [6, 6.07) is -0.0194. The van der Waals surface area contributed by atoms with Gasteiger partial charge in [0.1, 0.15) is 6.04 Å². The topological polar surface area (TPSA) is 58.6 Å². The fourth-order valence-electron chi connectivity index (χ4n) is 1.83. The minimum absolute atomic E-state index is 0.211. The maximum absolute atomic E-state index is 11.4. The predicted molar refractivity (Wildman–Crippen MR) is 59.9 cm³/mol. The van der Waals surface area contributed by atoms with Crippen molar-refractivity contribution in [1.29, 1.82) is 0 Å². The molecule has 0 aromatic carbocycles. The normalized spacial score (nSPS) is 17.8. The molecule has 92 valence electrons. The van der Waals surface area contributed by atoms with E-state index in [9.17, 15) is 9.59 Å². The van der Waals surface area contributed by atoms with Crippen molar-refractivity contribution in [3.05, 3.63) is 0 Å². The number of ether oxygens (including phenoxy) is 1. The van der Waals surface area contributed by atoms with Gasteiger partial charge in [0.15, 0.2) is 0 Å². The van der Waals surface area contributed by atoms with Crippen LogP contribution >= 0.6 is 0 Å². The van der Waals surface area contributed by atoms with E-state index in [1.54, 1.807) is 0 Å². The largest absolute Gasteiger partial charge is 0.467 e. The molecule has 5 nitrogen and oxygen atoms in total. The van der Waals surface area contributed by atoms with E-state index in [4.69, 9.17) is 0 Å². The molecule has 0 radical (unpaired) electrons. The molecule has 1 amide bonds. The van der Waals surface area contributed by atoms with Crippen molar-refractivity contribution in [2.45, 2.75) is 38.3 Å². The Hall–Kier alpha value is -1.10. The lowest BCUT2D eigenvalue weighted by molar-refractivity contribution is -0.145. The SMILES string of the molecule is COC(=O)C(CN(C)C1CCC1)NC(C)=O. The number of likely N-dealkylation sites (N-methyl/N-ethyl adjacent to an activating group) is 1. The van der Waals surface area contributed by atoms with E-state index in [0.29, 0.717) is 12.6 Å². The molecule has 1 rings (SSSR count). The molecule has 1 aliphatic rings. The summed E-state index contributed by atoms with van der Waals surface area (Å²) in [4.78, 5) is 24.5. The summed E-state index contributed by atoms with van der Waals surface area (Å²) in [5.41, 5.74) is 0. The summed E-state index contributed by atoms with van der Waals surface area (Å²) in [6.07, 6.45) is 3.59. The highest BCUT2D eigenvalue weighted by atomic mass is 16.5. The van der Waals surface area contributed by atoms with Gasteiger partial charge in [0.2, 0.25) is 5.91 Å². The van der Waals surface area contributed by atoms with E-state index in [0.717, 1.165) is 0 Å². The summed E-state index contributed by atoms with van der Waals surface area (Å²) in [6.45, 7) is 1.91. The van der Waals surface area contributed by atoms with Crippen molar-refractivity contribution in [1.82, 2.24) is 10.2 Å². The summed E-state index contributed by atoms with van der Waals surface area (Å²) < 4.78 is 4.67. The van der Waals surface area contributed by atoms with Gasteiger partial charge in [-0.15, -0.1) is 0 Å². The van der Waals surface area contributed by atoms with E-state index in [-0.39, 0.29) is 11.9 Å². The molecule has 1 atom stereocenters. The lowest BCUT2D eigenvalue weighted by Crippen LogP contribution is -2.51. The van der Waals surface area contributed by atoms with Crippen LogP contribution in [-0.2, 0) is 14.3 Å². The minimum Gasteiger partial charge on any atom is -0.467 e. The number of nitrogens with one attached hydrogen (secondary N) is 1. The molecule has 1 fully saturated rings. The molecule has 0 spiro atoms. The van der Waals surface area contributed by atoms with Crippen LogP contribution in [0.15, 0.2) is 0 Å². The molecule has 1 saturated carbocycles. The maximum Gasteiger partial charge on any atom is 0.329 e. The average molecular weight is 228 g/mol. The van der Waals surface area contributed by atoms with Crippen LogP contribution in [0.4, 0.5) is 0 Å². The number of amides is 1. The van der Waals surface area contributed by atoms with Crippen molar-refractivity contribution in [3.63, 3.8) is 0 Å². The van der Waals surface area contributed by atoms with Gasteiger partial charge < -0.3 is 15.0 Å². The number of esters is 1. The molecule has 0 aromatic rings. The van der Waals surface area contributed by atoms with Gasteiger partial charge in [0, 0.05) is 19.5 Å². The fraction of sp³-hybridized carbons (Fsp3) is 0.818.